The highest BCUT2D eigenvalue weighted by Gasteiger charge is 2.30. The maximum Gasteiger partial charge on any atom is 0.268 e. The Hall–Kier alpha value is -1.33. The van der Waals surface area contributed by atoms with Gasteiger partial charge in [-0.1, -0.05) is 0 Å². The zero-order valence-electron chi connectivity index (χ0n) is 12.7. The Kier molecular flexibility index (Phi) is 4.31. The first-order valence-electron chi connectivity index (χ1n) is 7.96. The average Bonchev–Trinajstić information content (AvgIpc) is 2.98. The van der Waals surface area contributed by atoms with Crippen molar-refractivity contribution in [2.24, 2.45) is 0 Å². The lowest BCUT2D eigenvalue weighted by Gasteiger charge is -2.35. The van der Waals surface area contributed by atoms with Crippen LogP contribution in [0.15, 0.2) is 18.3 Å². The monoisotopic (exact) mass is 291 g/mol. The zero-order valence-corrected chi connectivity index (χ0v) is 12.7. The molecular weight excluding hydrogens is 266 g/mol. The molecule has 1 aromatic heterocycles. The number of rotatable bonds is 3. The Morgan fingerprint density at radius 1 is 1.38 bits per heavy atom. The van der Waals surface area contributed by atoms with Crippen LogP contribution in [0.2, 0.25) is 0 Å². The summed E-state index contributed by atoms with van der Waals surface area (Å²) in [6.07, 6.45) is 5.97. The number of ether oxygens (including phenoxy) is 1. The van der Waals surface area contributed by atoms with Gasteiger partial charge in [-0.2, -0.15) is 0 Å². The fourth-order valence-corrected chi connectivity index (χ4v) is 3.27. The lowest BCUT2D eigenvalue weighted by molar-refractivity contribution is 0.0419. The Bertz CT molecular complexity index is 485. The van der Waals surface area contributed by atoms with Gasteiger partial charge in [-0.3, -0.25) is 4.79 Å². The van der Waals surface area contributed by atoms with E-state index in [9.17, 15) is 4.79 Å². The zero-order chi connectivity index (χ0) is 14.7. The molecule has 0 aromatic carbocycles. The molecule has 2 saturated heterocycles. The van der Waals surface area contributed by atoms with Gasteiger partial charge in [0.1, 0.15) is 5.69 Å². The number of amides is 1. The van der Waals surface area contributed by atoms with Crippen LogP contribution in [0.4, 0.5) is 0 Å². The standard InChI is InChI=1S/C16H25N3O2/c1-16(6-11-21-12-7-16)18-15(20)14-3-2-10-19(14)13-4-8-17-9-5-13/h2-3,10,13,17H,4-9,11-12H2,1H3,(H,18,20). The second-order valence-corrected chi connectivity index (χ2v) is 6.41. The first-order valence-corrected chi connectivity index (χ1v) is 7.96. The fraction of sp³-hybridized carbons (Fsp3) is 0.688. The fourth-order valence-electron chi connectivity index (χ4n) is 3.27. The Morgan fingerprint density at radius 2 is 2.10 bits per heavy atom. The van der Waals surface area contributed by atoms with Crippen LogP contribution >= 0.6 is 0 Å². The SMILES string of the molecule is CC1(NC(=O)c2cccn2C2CCNCC2)CCOCC1. The number of carbonyl (C=O) groups is 1. The van der Waals surface area contributed by atoms with Gasteiger partial charge in [0.05, 0.1) is 0 Å². The summed E-state index contributed by atoms with van der Waals surface area (Å²) in [7, 11) is 0. The highest BCUT2D eigenvalue weighted by Crippen LogP contribution is 2.23. The molecule has 21 heavy (non-hydrogen) atoms. The molecule has 3 rings (SSSR count). The minimum atomic E-state index is -0.140. The minimum Gasteiger partial charge on any atom is -0.381 e. The smallest absolute Gasteiger partial charge is 0.268 e. The van der Waals surface area contributed by atoms with Crippen LogP contribution in [0, 0.1) is 0 Å². The quantitative estimate of drug-likeness (QED) is 0.891. The van der Waals surface area contributed by atoms with Gasteiger partial charge in [0.25, 0.3) is 5.91 Å². The van der Waals surface area contributed by atoms with Crippen molar-refractivity contribution in [3.05, 3.63) is 24.0 Å². The van der Waals surface area contributed by atoms with Crippen molar-refractivity contribution >= 4 is 5.91 Å². The van der Waals surface area contributed by atoms with E-state index in [-0.39, 0.29) is 11.4 Å². The summed E-state index contributed by atoms with van der Waals surface area (Å²) in [4.78, 5) is 12.7. The van der Waals surface area contributed by atoms with E-state index < -0.39 is 0 Å². The highest BCUT2D eigenvalue weighted by molar-refractivity contribution is 5.93. The summed E-state index contributed by atoms with van der Waals surface area (Å²) >= 11 is 0. The second-order valence-electron chi connectivity index (χ2n) is 6.41. The highest BCUT2D eigenvalue weighted by atomic mass is 16.5. The van der Waals surface area contributed by atoms with Crippen LogP contribution in [0.5, 0.6) is 0 Å². The molecule has 2 aliphatic rings. The van der Waals surface area contributed by atoms with Crippen LogP contribution in [-0.2, 0) is 4.74 Å². The molecule has 3 heterocycles. The van der Waals surface area contributed by atoms with E-state index in [0.717, 1.165) is 57.7 Å². The van der Waals surface area contributed by atoms with Crippen molar-refractivity contribution < 1.29 is 9.53 Å². The molecule has 5 heteroatoms. The van der Waals surface area contributed by atoms with Crippen molar-refractivity contribution in [3.8, 4) is 0 Å². The number of carbonyl (C=O) groups excluding carboxylic acids is 1. The lowest BCUT2D eigenvalue weighted by atomic mass is 9.92. The van der Waals surface area contributed by atoms with Crippen molar-refractivity contribution in [2.45, 2.75) is 44.2 Å². The molecule has 2 aliphatic heterocycles. The molecule has 0 unspecified atom stereocenters. The maximum absolute atomic E-state index is 12.7. The summed E-state index contributed by atoms with van der Waals surface area (Å²) in [5.41, 5.74) is 0.646. The van der Waals surface area contributed by atoms with Crippen LogP contribution in [0.25, 0.3) is 0 Å². The third kappa shape index (κ3) is 3.30. The summed E-state index contributed by atoms with van der Waals surface area (Å²) < 4.78 is 7.54. The topological polar surface area (TPSA) is 55.3 Å². The summed E-state index contributed by atoms with van der Waals surface area (Å²) in [6, 6.07) is 4.34. The molecule has 0 radical (unpaired) electrons. The predicted molar refractivity (Wildman–Crippen MR) is 81.5 cm³/mol. The Balaban J connectivity index is 1.71. The van der Waals surface area contributed by atoms with E-state index in [1.54, 1.807) is 0 Å². The van der Waals surface area contributed by atoms with Gasteiger partial charge >= 0.3 is 0 Å². The number of nitrogens with one attached hydrogen (secondary N) is 2. The number of aromatic nitrogens is 1. The van der Waals surface area contributed by atoms with Crippen LogP contribution in [-0.4, -0.2) is 42.3 Å². The summed E-state index contributed by atoms with van der Waals surface area (Å²) in [5.74, 6) is 0.0444. The molecule has 1 amide bonds. The largest absolute Gasteiger partial charge is 0.381 e. The van der Waals surface area contributed by atoms with Gasteiger partial charge in [0.15, 0.2) is 0 Å². The van der Waals surface area contributed by atoms with Crippen molar-refractivity contribution in [1.82, 2.24) is 15.2 Å². The third-order valence-electron chi connectivity index (χ3n) is 4.73. The van der Waals surface area contributed by atoms with E-state index in [2.05, 4.69) is 22.1 Å². The molecule has 0 atom stereocenters. The molecule has 5 nitrogen and oxygen atoms in total. The maximum atomic E-state index is 12.7. The van der Waals surface area contributed by atoms with Crippen LogP contribution in [0.3, 0.4) is 0 Å². The molecule has 0 bridgehead atoms. The van der Waals surface area contributed by atoms with Crippen molar-refractivity contribution in [2.75, 3.05) is 26.3 Å². The van der Waals surface area contributed by atoms with E-state index in [1.807, 2.05) is 18.3 Å². The first-order chi connectivity index (χ1) is 10.2. The van der Waals surface area contributed by atoms with E-state index >= 15 is 0 Å². The molecule has 0 aliphatic carbocycles. The second kappa shape index (κ2) is 6.20. The van der Waals surface area contributed by atoms with E-state index in [1.165, 1.54) is 0 Å². The average molecular weight is 291 g/mol. The van der Waals surface area contributed by atoms with E-state index in [4.69, 9.17) is 4.74 Å². The van der Waals surface area contributed by atoms with Crippen molar-refractivity contribution in [1.29, 1.82) is 0 Å². The van der Waals surface area contributed by atoms with Gasteiger partial charge < -0.3 is 19.9 Å². The van der Waals surface area contributed by atoms with Crippen LogP contribution in [0.1, 0.15) is 49.1 Å². The van der Waals surface area contributed by atoms with E-state index in [0.29, 0.717) is 6.04 Å². The molecule has 116 valence electrons. The first kappa shape index (κ1) is 14.6. The molecule has 2 N–H and O–H groups in total. The molecule has 2 fully saturated rings. The van der Waals surface area contributed by atoms with Gasteiger partial charge in [-0.15, -0.1) is 0 Å². The van der Waals surface area contributed by atoms with Crippen molar-refractivity contribution in [3.63, 3.8) is 0 Å². The van der Waals surface area contributed by atoms with Gasteiger partial charge in [-0.25, -0.2) is 0 Å². The molecule has 1 aromatic rings. The number of hydrogen-bond acceptors (Lipinski definition) is 3. The molecule has 0 saturated carbocycles. The number of piperidine rings is 1. The Labute approximate surface area is 126 Å². The normalized spacial score (nSPS) is 22.9. The minimum absolute atomic E-state index is 0.0444. The third-order valence-corrected chi connectivity index (χ3v) is 4.73. The predicted octanol–water partition coefficient (Wildman–Crippen LogP) is 1.71. The number of hydrogen-bond donors (Lipinski definition) is 2. The summed E-state index contributed by atoms with van der Waals surface area (Å²) in [5, 5.41) is 6.59. The van der Waals surface area contributed by atoms with Crippen LogP contribution < -0.4 is 10.6 Å². The van der Waals surface area contributed by atoms with Gasteiger partial charge in [0.2, 0.25) is 0 Å². The lowest BCUT2D eigenvalue weighted by Crippen LogP contribution is -2.50. The number of nitrogens with zero attached hydrogens (tertiary/aromatic N) is 1. The molecule has 0 spiro atoms. The van der Waals surface area contributed by atoms with Gasteiger partial charge in [-0.05, 0) is 57.8 Å². The summed E-state index contributed by atoms with van der Waals surface area (Å²) in [6.45, 7) is 5.63. The Morgan fingerprint density at radius 3 is 2.81 bits per heavy atom. The molecular formula is C16H25N3O2. The van der Waals surface area contributed by atoms with Gasteiger partial charge in [0, 0.05) is 31.0 Å².